The molecule has 2 aromatic rings. The Balaban J connectivity index is 2.54. The molecule has 18 heavy (non-hydrogen) atoms. The Hall–Kier alpha value is -1.66. The van der Waals surface area contributed by atoms with E-state index in [1.54, 1.807) is 19.2 Å². The average molecular weight is 310 g/mol. The standard InChI is InChI=1S/C12H12BrN3O2/c1-7(17)9-3-2-8(13)6-11(9)16-5-4-10(15-16)12(14)18/h2-7,17H,1H3,(H2,14,18). The van der Waals surface area contributed by atoms with Crippen LogP contribution in [-0.2, 0) is 0 Å². The zero-order valence-electron chi connectivity index (χ0n) is 9.67. The predicted octanol–water partition coefficient (Wildman–Crippen LogP) is 1.79. The molecule has 1 atom stereocenters. The summed E-state index contributed by atoms with van der Waals surface area (Å²) >= 11 is 3.36. The number of rotatable bonds is 3. The van der Waals surface area contributed by atoms with Crippen LogP contribution in [0.2, 0.25) is 0 Å². The highest BCUT2D eigenvalue weighted by atomic mass is 79.9. The van der Waals surface area contributed by atoms with Crippen LogP contribution in [0.15, 0.2) is 34.9 Å². The van der Waals surface area contributed by atoms with Crippen LogP contribution in [0.5, 0.6) is 0 Å². The maximum atomic E-state index is 11.0. The van der Waals surface area contributed by atoms with Gasteiger partial charge in [0.25, 0.3) is 5.91 Å². The number of aliphatic hydroxyl groups excluding tert-OH is 1. The van der Waals surface area contributed by atoms with Gasteiger partial charge in [-0.3, -0.25) is 4.79 Å². The molecule has 1 unspecified atom stereocenters. The van der Waals surface area contributed by atoms with E-state index in [9.17, 15) is 9.90 Å². The second-order valence-electron chi connectivity index (χ2n) is 3.89. The molecule has 94 valence electrons. The number of carbonyl (C=O) groups excluding carboxylic acids is 1. The Labute approximate surface area is 112 Å². The zero-order chi connectivity index (χ0) is 13.3. The molecule has 1 heterocycles. The van der Waals surface area contributed by atoms with Gasteiger partial charge < -0.3 is 10.8 Å². The molecule has 0 radical (unpaired) electrons. The number of primary amides is 1. The van der Waals surface area contributed by atoms with Crippen molar-refractivity contribution in [2.24, 2.45) is 5.73 Å². The van der Waals surface area contributed by atoms with Crippen molar-refractivity contribution in [3.05, 3.63) is 46.2 Å². The first-order valence-electron chi connectivity index (χ1n) is 5.32. The normalized spacial score (nSPS) is 12.4. The summed E-state index contributed by atoms with van der Waals surface area (Å²) in [5, 5.41) is 13.8. The van der Waals surface area contributed by atoms with E-state index < -0.39 is 12.0 Å². The van der Waals surface area contributed by atoms with Crippen LogP contribution >= 0.6 is 15.9 Å². The molecular weight excluding hydrogens is 298 g/mol. The van der Waals surface area contributed by atoms with Gasteiger partial charge in [-0.25, -0.2) is 4.68 Å². The van der Waals surface area contributed by atoms with Crippen LogP contribution in [0.1, 0.15) is 29.1 Å². The summed E-state index contributed by atoms with van der Waals surface area (Å²) in [7, 11) is 0. The van der Waals surface area contributed by atoms with E-state index in [4.69, 9.17) is 5.73 Å². The largest absolute Gasteiger partial charge is 0.389 e. The van der Waals surface area contributed by atoms with Crippen molar-refractivity contribution >= 4 is 21.8 Å². The number of hydrogen-bond donors (Lipinski definition) is 2. The molecule has 0 saturated heterocycles. The van der Waals surface area contributed by atoms with Gasteiger partial charge >= 0.3 is 0 Å². The number of benzene rings is 1. The number of aromatic nitrogens is 2. The molecule has 0 bridgehead atoms. The Morgan fingerprint density at radius 2 is 2.22 bits per heavy atom. The highest BCUT2D eigenvalue weighted by Gasteiger charge is 2.12. The lowest BCUT2D eigenvalue weighted by Gasteiger charge is -2.12. The van der Waals surface area contributed by atoms with Crippen molar-refractivity contribution in [1.82, 2.24) is 9.78 Å². The number of aliphatic hydroxyl groups is 1. The highest BCUT2D eigenvalue weighted by Crippen LogP contribution is 2.25. The summed E-state index contributed by atoms with van der Waals surface area (Å²) in [5.41, 5.74) is 6.77. The monoisotopic (exact) mass is 309 g/mol. The second-order valence-corrected chi connectivity index (χ2v) is 4.80. The van der Waals surface area contributed by atoms with Gasteiger partial charge in [-0.05, 0) is 25.1 Å². The SMILES string of the molecule is CC(O)c1ccc(Br)cc1-n1ccc(C(N)=O)n1. The third kappa shape index (κ3) is 2.44. The molecule has 1 aromatic heterocycles. The fourth-order valence-corrected chi connectivity index (χ4v) is 2.01. The summed E-state index contributed by atoms with van der Waals surface area (Å²) < 4.78 is 2.38. The number of nitrogens with zero attached hydrogens (tertiary/aromatic N) is 2. The van der Waals surface area contributed by atoms with Crippen molar-refractivity contribution in [2.45, 2.75) is 13.0 Å². The van der Waals surface area contributed by atoms with E-state index in [1.165, 1.54) is 10.7 Å². The number of hydrogen-bond acceptors (Lipinski definition) is 3. The Bertz CT molecular complexity index is 593. The quantitative estimate of drug-likeness (QED) is 0.907. The van der Waals surface area contributed by atoms with Gasteiger partial charge in [0.15, 0.2) is 0 Å². The Morgan fingerprint density at radius 1 is 1.50 bits per heavy atom. The van der Waals surface area contributed by atoms with Crippen LogP contribution in [-0.4, -0.2) is 20.8 Å². The minimum atomic E-state index is -0.630. The molecule has 3 N–H and O–H groups in total. The van der Waals surface area contributed by atoms with Gasteiger partial charge in [-0.1, -0.05) is 22.0 Å². The predicted molar refractivity (Wildman–Crippen MR) is 70.4 cm³/mol. The minimum absolute atomic E-state index is 0.187. The molecule has 2 rings (SSSR count). The first kappa shape index (κ1) is 12.8. The van der Waals surface area contributed by atoms with Crippen LogP contribution in [0.4, 0.5) is 0 Å². The summed E-state index contributed by atoms with van der Waals surface area (Å²) in [5.74, 6) is -0.581. The first-order chi connectivity index (χ1) is 8.49. The van der Waals surface area contributed by atoms with Crippen molar-refractivity contribution in [2.75, 3.05) is 0 Å². The number of halogens is 1. The molecule has 1 aromatic carbocycles. The molecular formula is C12H12BrN3O2. The van der Waals surface area contributed by atoms with E-state index in [0.717, 1.165) is 10.0 Å². The molecule has 0 aliphatic carbocycles. The Kier molecular flexibility index (Phi) is 3.49. The Morgan fingerprint density at radius 3 is 2.78 bits per heavy atom. The third-order valence-corrected chi connectivity index (χ3v) is 3.02. The molecule has 0 fully saturated rings. The molecule has 0 saturated carbocycles. The van der Waals surface area contributed by atoms with Crippen molar-refractivity contribution in [3.8, 4) is 5.69 Å². The number of nitrogens with two attached hydrogens (primary N) is 1. The molecule has 0 aliphatic heterocycles. The van der Waals surface area contributed by atoms with E-state index in [0.29, 0.717) is 5.69 Å². The zero-order valence-corrected chi connectivity index (χ0v) is 11.3. The van der Waals surface area contributed by atoms with Crippen molar-refractivity contribution in [1.29, 1.82) is 0 Å². The lowest BCUT2D eigenvalue weighted by molar-refractivity contribution is 0.0995. The minimum Gasteiger partial charge on any atom is -0.389 e. The fourth-order valence-electron chi connectivity index (χ4n) is 1.66. The summed E-state index contributed by atoms with van der Waals surface area (Å²) in [6.07, 6.45) is 1.00. The number of carbonyl (C=O) groups is 1. The highest BCUT2D eigenvalue weighted by molar-refractivity contribution is 9.10. The number of amides is 1. The molecule has 0 aliphatic rings. The van der Waals surface area contributed by atoms with Gasteiger partial charge in [0.05, 0.1) is 11.8 Å². The van der Waals surface area contributed by atoms with E-state index in [1.807, 2.05) is 12.1 Å². The second kappa shape index (κ2) is 4.91. The van der Waals surface area contributed by atoms with E-state index >= 15 is 0 Å². The first-order valence-corrected chi connectivity index (χ1v) is 6.11. The lowest BCUT2D eigenvalue weighted by Crippen LogP contribution is -2.12. The molecule has 6 heteroatoms. The van der Waals surface area contributed by atoms with Crippen LogP contribution in [0.25, 0.3) is 5.69 Å². The van der Waals surface area contributed by atoms with Crippen LogP contribution < -0.4 is 5.73 Å². The summed E-state index contributed by atoms with van der Waals surface area (Å²) in [4.78, 5) is 11.0. The van der Waals surface area contributed by atoms with Crippen molar-refractivity contribution < 1.29 is 9.90 Å². The molecule has 0 spiro atoms. The smallest absolute Gasteiger partial charge is 0.269 e. The van der Waals surface area contributed by atoms with Crippen LogP contribution in [0.3, 0.4) is 0 Å². The van der Waals surface area contributed by atoms with E-state index in [-0.39, 0.29) is 5.69 Å². The van der Waals surface area contributed by atoms with Gasteiger partial charge in [0.1, 0.15) is 5.69 Å². The van der Waals surface area contributed by atoms with Gasteiger partial charge in [-0.2, -0.15) is 5.10 Å². The van der Waals surface area contributed by atoms with E-state index in [2.05, 4.69) is 21.0 Å². The van der Waals surface area contributed by atoms with Crippen LogP contribution in [0, 0.1) is 0 Å². The third-order valence-electron chi connectivity index (χ3n) is 2.53. The molecule has 5 nitrogen and oxygen atoms in total. The summed E-state index contributed by atoms with van der Waals surface area (Å²) in [6, 6.07) is 6.99. The fraction of sp³-hybridized carbons (Fsp3) is 0.167. The van der Waals surface area contributed by atoms with Crippen molar-refractivity contribution in [3.63, 3.8) is 0 Å². The average Bonchev–Trinajstić information content (AvgIpc) is 2.77. The topological polar surface area (TPSA) is 81.1 Å². The van der Waals surface area contributed by atoms with Gasteiger partial charge in [0.2, 0.25) is 0 Å². The maximum absolute atomic E-state index is 11.0. The molecule has 1 amide bonds. The lowest BCUT2D eigenvalue weighted by atomic mass is 10.1. The summed E-state index contributed by atoms with van der Waals surface area (Å²) in [6.45, 7) is 1.67. The maximum Gasteiger partial charge on any atom is 0.269 e. The van der Waals surface area contributed by atoms with Gasteiger partial charge in [0, 0.05) is 16.2 Å². The van der Waals surface area contributed by atoms with Gasteiger partial charge in [-0.15, -0.1) is 0 Å².